The van der Waals surface area contributed by atoms with Crippen LogP contribution in [-0.4, -0.2) is 9.13 Å². The first-order valence-corrected chi connectivity index (χ1v) is 20.8. The second kappa shape index (κ2) is 13.2. The van der Waals surface area contributed by atoms with E-state index in [0.29, 0.717) is 0 Å². The predicted molar refractivity (Wildman–Crippen MR) is 248 cm³/mol. The molecule has 0 saturated carbocycles. The Kier molecular flexibility index (Phi) is 7.51. The van der Waals surface area contributed by atoms with Crippen LogP contribution in [0.5, 0.6) is 0 Å². The quantitative estimate of drug-likeness (QED) is 0.160. The van der Waals surface area contributed by atoms with Gasteiger partial charge in [0.05, 0.1) is 32.5 Å². The fraction of sp³-hybridized carbons (Fsp3) is 0.0182. The third-order valence-electron chi connectivity index (χ3n) is 11.9. The fourth-order valence-electron chi connectivity index (χ4n) is 9.22. The van der Waals surface area contributed by atoms with Crippen molar-refractivity contribution in [2.75, 3.05) is 0 Å². The van der Waals surface area contributed by atoms with Crippen molar-refractivity contribution in [1.29, 1.82) is 0 Å². The van der Waals surface area contributed by atoms with E-state index < -0.39 is 0 Å². The molecule has 3 heterocycles. The summed E-state index contributed by atoms with van der Waals surface area (Å²) in [6.45, 7) is 0. The van der Waals surface area contributed by atoms with Crippen molar-refractivity contribution in [2.24, 2.45) is 0 Å². The van der Waals surface area contributed by atoms with Crippen molar-refractivity contribution in [2.45, 2.75) is 6.42 Å². The molecule has 0 bridgehead atoms. The highest BCUT2D eigenvalue weighted by Gasteiger charge is 2.20. The number of rotatable bonds is 6. The lowest BCUT2D eigenvalue weighted by Gasteiger charge is -2.15. The largest absolute Gasteiger partial charge is 0.309 e. The number of benzene rings is 9. The van der Waals surface area contributed by atoms with E-state index in [-0.39, 0.29) is 0 Å². The highest BCUT2D eigenvalue weighted by atomic mass is 32.1. The smallest absolute Gasteiger partial charge is 0.0661 e. The Labute approximate surface area is 340 Å². The summed E-state index contributed by atoms with van der Waals surface area (Å²) in [5.41, 5.74) is 14.8. The molecule has 0 fully saturated rings. The topological polar surface area (TPSA) is 9.86 Å². The number of hydrogen-bond acceptors (Lipinski definition) is 1. The van der Waals surface area contributed by atoms with Crippen LogP contribution in [0.25, 0.3) is 97.4 Å². The maximum Gasteiger partial charge on any atom is 0.0661 e. The Bertz CT molecular complexity index is 3460. The second-order valence-electron chi connectivity index (χ2n) is 15.3. The van der Waals surface area contributed by atoms with Gasteiger partial charge in [0.1, 0.15) is 0 Å². The lowest BCUT2D eigenvalue weighted by Crippen LogP contribution is -1.99. The molecule has 0 aliphatic heterocycles. The molecule has 58 heavy (non-hydrogen) atoms. The number of thiophene rings is 1. The monoisotopic (exact) mass is 756 g/mol. The first-order valence-electron chi connectivity index (χ1n) is 20.0. The van der Waals surface area contributed by atoms with Crippen LogP contribution >= 0.6 is 11.3 Å². The van der Waals surface area contributed by atoms with Crippen LogP contribution in [0, 0.1) is 0 Å². The summed E-state index contributed by atoms with van der Waals surface area (Å²) < 4.78 is 7.57. The Morgan fingerprint density at radius 2 is 0.810 bits per heavy atom. The predicted octanol–water partition coefficient (Wildman–Crippen LogP) is 15.2. The van der Waals surface area contributed by atoms with Crippen molar-refractivity contribution < 1.29 is 0 Å². The number of para-hydroxylation sites is 3. The van der Waals surface area contributed by atoms with Crippen LogP contribution in [0.1, 0.15) is 11.1 Å². The first-order chi connectivity index (χ1) is 28.7. The number of hydrogen-bond donors (Lipinski definition) is 0. The van der Waals surface area contributed by atoms with Crippen LogP contribution in [0.3, 0.4) is 0 Å². The van der Waals surface area contributed by atoms with Gasteiger partial charge in [0, 0.05) is 42.7 Å². The van der Waals surface area contributed by atoms with Crippen LogP contribution < -0.4 is 0 Å². The summed E-state index contributed by atoms with van der Waals surface area (Å²) >= 11 is 1.89. The van der Waals surface area contributed by atoms with Crippen molar-refractivity contribution in [3.05, 3.63) is 217 Å². The fourth-order valence-corrected chi connectivity index (χ4v) is 10.4. The van der Waals surface area contributed by atoms with E-state index in [1.54, 1.807) is 0 Å². The van der Waals surface area contributed by atoms with E-state index in [9.17, 15) is 0 Å². The van der Waals surface area contributed by atoms with Crippen molar-refractivity contribution >= 4 is 75.1 Å². The lowest BCUT2D eigenvalue weighted by molar-refractivity contribution is 1.15. The summed E-state index contributed by atoms with van der Waals surface area (Å²) in [4.78, 5) is 0. The standard InChI is InChI=1S/C55H36N2S/c1-2-12-38(13-3-1)40-27-29-41(30-28-40)39-25-22-36(23-26-39)32-37-24-31-52-47(33-37)45-16-6-8-18-49(45)56(52)42-34-48-46-17-7-11-21-54(46)58-55(48)53(35-42)57-50-19-9-4-14-43(50)44-15-5-10-20-51(44)57/h1-31,33-35H,32H2. The van der Waals surface area contributed by atoms with Crippen LogP contribution in [-0.2, 0) is 6.42 Å². The zero-order valence-electron chi connectivity index (χ0n) is 31.6. The highest BCUT2D eigenvalue weighted by molar-refractivity contribution is 7.26. The molecule has 272 valence electrons. The summed E-state index contributed by atoms with van der Waals surface area (Å²) in [6, 6.07) is 75.9. The van der Waals surface area contributed by atoms with Crippen LogP contribution in [0.2, 0.25) is 0 Å². The Morgan fingerprint density at radius 1 is 0.328 bits per heavy atom. The van der Waals surface area contributed by atoms with E-state index in [1.165, 1.54) is 109 Å². The van der Waals surface area contributed by atoms with Crippen molar-refractivity contribution in [1.82, 2.24) is 9.13 Å². The third kappa shape index (κ3) is 5.25. The molecule has 3 heteroatoms. The number of nitrogens with zero attached hydrogens (tertiary/aromatic N) is 2. The molecular formula is C55H36N2S. The molecule has 3 aromatic heterocycles. The van der Waals surface area contributed by atoms with Crippen LogP contribution in [0.15, 0.2) is 206 Å². The normalized spacial score (nSPS) is 11.9. The van der Waals surface area contributed by atoms with Gasteiger partial charge in [-0.2, -0.15) is 0 Å². The Balaban J connectivity index is 0.973. The molecule has 0 amide bonds. The van der Waals surface area contributed by atoms with Crippen molar-refractivity contribution in [3.8, 4) is 33.6 Å². The van der Waals surface area contributed by atoms with Crippen LogP contribution in [0.4, 0.5) is 0 Å². The van der Waals surface area contributed by atoms with Gasteiger partial charge in [0.15, 0.2) is 0 Å². The summed E-state index contributed by atoms with van der Waals surface area (Å²) in [5, 5.41) is 7.67. The number of aromatic nitrogens is 2. The average molecular weight is 757 g/mol. The van der Waals surface area contributed by atoms with E-state index in [2.05, 4.69) is 215 Å². The summed E-state index contributed by atoms with van der Waals surface area (Å²) in [7, 11) is 0. The molecule has 0 aliphatic carbocycles. The average Bonchev–Trinajstić information content (AvgIpc) is 3.95. The summed E-state index contributed by atoms with van der Waals surface area (Å²) in [5.74, 6) is 0. The van der Waals surface area contributed by atoms with E-state index in [1.807, 2.05) is 11.3 Å². The molecule has 9 aromatic carbocycles. The molecule has 0 radical (unpaired) electrons. The summed E-state index contributed by atoms with van der Waals surface area (Å²) in [6.07, 6.45) is 0.869. The Hall–Kier alpha value is -7.20. The van der Waals surface area contributed by atoms with Gasteiger partial charge in [-0.1, -0.05) is 158 Å². The van der Waals surface area contributed by atoms with Crippen molar-refractivity contribution in [3.63, 3.8) is 0 Å². The minimum Gasteiger partial charge on any atom is -0.309 e. The molecule has 0 saturated heterocycles. The molecule has 0 aliphatic rings. The molecular weight excluding hydrogens is 721 g/mol. The van der Waals surface area contributed by atoms with Gasteiger partial charge in [-0.15, -0.1) is 11.3 Å². The maximum absolute atomic E-state index is 2.49. The van der Waals surface area contributed by atoms with E-state index in [4.69, 9.17) is 0 Å². The molecule has 0 unspecified atom stereocenters. The highest BCUT2D eigenvalue weighted by Crippen LogP contribution is 2.44. The van der Waals surface area contributed by atoms with E-state index >= 15 is 0 Å². The minimum absolute atomic E-state index is 0.869. The van der Waals surface area contributed by atoms with E-state index in [0.717, 1.165) is 6.42 Å². The van der Waals surface area contributed by atoms with Gasteiger partial charge in [0.2, 0.25) is 0 Å². The maximum atomic E-state index is 2.49. The number of fused-ring (bicyclic) bond motifs is 9. The lowest BCUT2D eigenvalue weighted by atomic mass is 9.98. The second-order valence-corrected chi connectivity index (χ2v) is 16.4. The minimum atomic E-state index is 0.869. The molecule has 0 atom stereocenters. The first kappa shape index (κ1) is 33.0. The van der Waals surface area contributed by atoms with Gasteiger partial charge in [-0.05, 0) is 88.3 Å². The van der Waals surface area contributed by atoms with Gasteiger partial charge in [-0.3, -0.25) is 0 Å². The van der Waals surface area contributed by atoms with Gasteiger partial charge in [0.25, 0.3) is 0 Å². The van der Waals surface area contributed by atoms with Gasteiger partial charge >= 0.3 is 0 Å². The SMILES string of the molecule is c1ccc(-c2ccc(-c3ccc(Cc4ccc5c(c4)c4ccccc4n5-c4cc(-n5c6ccccc6c6ccccc65)c5sc6ccccc6c5c4)cc3)cc2)cc1. The van der Waals surface area contributed by atoms with Gasteiger partial charge < -0.3 is 9.13 Å². The molecule has 12 rings (SSSR count). The molecule has 12 aromatic rings. The molecule has 0 spiro atoms. The zero-order chi connectivity index (χ0) is 38.2. The molecule has 2 nitrogen and oxygen atoms in total. The third-order valence-corrected chi connectivity index (χ3v) is 13.2. The Morgan fingerprint density at radius 3 is 1.47 bits per heavy atom. The zero-order valence-corrected chi connectivity index (χ0v) is 32.5. The molecule has 0 N–H and O–H groups in total. The van der Waals surface area contributed by atoms with Gasteiger partial charge in [-0.25, -0.2) is 0 Å².